The molecule has 0 fully saturated rings. The number of hydrogen-bond donors (Lipinski definition) is 1. The number of carbonyl (C=O) groups excluding carboxylic acids is 1. The highest BCUT2D eigenvalue weighted by atomic mass is 32.2. The molecular weight excluding hydrogens is 498 g/mol. The summed E-state index contributed by atoms with van der Waals surface area (Å²) in [6.45, 7) is -0.547. The molecule has 0 radical (unpaired) electrons. The Labute approximate surface area is 216 Å². The minimum absolute atomic E-state index is 0.0512. The van der Waals surface area contributed by atoms with Crippen molar-refractivity contribution >= 4 is 22.1 Å². The minimum atomic E-state index is -4.19. The Morgan fingerprint density at radius 1 is 0.892 bits per heavy atom. The van der Waals surface area contributed by atoms with Crippen LogP contribution in [0.5, 0.6) is 23.0 Å². The van der Waals surface area contributed by atoms with Gasteiger partial charge in [0.1, 0.15) is 16.4 Å². The second-order valence-electron chi connectivity index (χ2n) is 7.65. The fourth-order valence-electron chi connectivity index (χ4n) is 3.52. The van der Waals surface area contributed by atoms with E-state index in [2.05, 4.69) is 10.5 Å². The van der Waals surface area contributed by atoms with E-state index in [0.717, 1.165) is 4.31 Å². The van der Waals surface area contributed by atoms with E-state index in [-0.39, 0.29) is 17.2 Å². The second-order valence-corrected chi connectivity index (χ2v) is 9.56. The van der Waals surface area contributed by atoms with Gasteiger partial charge in [0, 0.05) is 18.2 Å². The zero-order valence-electron chi connectivity index (χ0n) is 21.0. The summed E-state index contributed by atoms with van der Waals surface area (Å²) in [5.74, 6) is 0.772. The summed E-state index contributed by atoms with van der Waals surface area (Å²) in [5, 5.41) is 3.98. The van der Waals surface area contributed by atoms with Crippen LogP contribution in [0, 0.1) is 0 Å². The largest absolute Gasteiger partial charge is 0.497 e. The van der Waals surface area contributed by atoms with Crippen LogP contribution < -0.4 is 24.4 Å². The first-order valence-electron chi connectivity index (χ1n) is 11.1. The summed E-state index contributed by atoms with van der Waals surface area (Å²) in [7, 11) is 1.62. The van der Waals surface area contributed by atoms with Crippen molar-refractivity contribution in [3.8, 4) is 23.0 Å². The fraction of sp³-hybridized carbons (Fsp3) is 0.231. The third kappa shape index (κ3) is 6.78. The molecule has 0 bridgehead atoms. The van der Waals surface area contributed by atoms with E-state index in [0.29, 0.717) is 28.4 Å². The van der Waals surface area contributed by atoms with Gasteiger partial charge in [-0.15, -0.1) is 0 Å². The van der Waals surface area contributed by atoms with Crippen LogP contribution in [0.4, 0.5) is 0 Å². The molecule has 3 rings (SSSR count). The van der Waals surface area contributed by atoms with Gasteiger partial charge in [-0.3, -0.25) is 4.79 Å². The molecule has 1 amide bonds. The molecule has 3 aromatic carbocycles. The Morgan fingerprint density at radius 2 is 1.62 bits per heavy atom. The summed E-state index contributed by atoms with van der Waals surface area (Å²) in [4.78, 5) is 12.7. The average molecular weight is 528 g/mol. The van der Waals surface area contributed by atoms with Crippen molar-refractivity contribution in [2.75, 3.05) is 35.0 Å². The number of benzene rings is 3. The number of carbonyl (C=O) groups is 1. The van der Waals surface area contributed by atoms with Gasteiger partial charge in [-0.05, 0) is 29.8 Å². The molecule has 0 unspecified atom stereocenters. The molecule has 10 nitrogen and oxygen atoms in total. The highest BCUT2D eigenvalue weighted by Crippen LogP contribution is 2.31. The van der Waals surface area contributed by atoms with Gasteiger partial charge < -0.3 is 18.9 Å². The van der Waals surface area contributed by atoms with Crippen LogP contribution in [-0.2, 0) is 21.4 Å². The maximum Gasteiger partial charge on any atom is 0.255 e. The zero-order valence-corrected chi connectivity index (χ0v) is 21.8. The molecule has 0 saturated carbocycles. The van der Waals surface area contributed by atoms with Gasteiger partial charge in [-0.25, -0.2) is 13.8 Å². The lowest BCUT2D eigenvalue weighted by molar-refractivity contribution is -0.121. The summed E-state index contributed by atoms with van der Waals surface area (Å²) in [5.41, 5.74) is 3.65. The maximum atomic E-state index is 13.7. The number of hydrazone groups is 1. The Hall–Kier alpha value is -4.09. The van der Waals surface area contributed by atoms with Crippen molar-refractivity contribution in [1.29, 1.82) is 0 Å². The highest BCUT2D eigenvalue weighted by Gasteiger charge is 2.30. The number of hydrogen-bond acceptors (Lipinski definition) is 8. The smallest absolute Gasteiger partial charge is 0.255 e. The average Bonchev–Trinajstić information content (AvgIpc) is 2.92. The molecule has 0 spiro atoms. The van der Waals surface area contributed by atoms with Crippen molar-refractivity contribution in [2.45, 2.75) is 11.4 Å². The van der Waals surface area contributed by atoms with E-state index in [1.165, 1.54) is 46.8 Å². The van der Waals surface area contributed by atoms with Crippen molar-refractivity contribution in [2.24, 2.45) is 5.10 Å². The van der Waals surface area contributed by atoms with Gasteiger partial charge in [0.05, 0.1) is 41.2 Å². The van der Waals surface area contributed by atoms with Crippen LogP contribution in [0.15, 0.2) is 76.7 Å². The first-order valence-corrected chi connectivity index (χ1v) is 12.6. The topological polar surface area (TPSA) is 116 Å². The summed E-state index contributed by atoms with van der Waals surface area (Å²) in [6, 6.07) is 18.6. The molecular formula is C26H29N3O7S. The van der Waals surface area contributed by atoms with Gasteiger partial charge in [-0.1, -0.05) is 36.4 Å². The Bertz CT molecular complexity index is 1350. The lowest BCUT2D eigenvalue weighted by atomic mass is 10.2. The predicted molar refractivity (Wildman–Crippen MR) is 139 cm³/mol. The Kier molecular flexibility index (Phi) is 9.47. The maximum absolute atomic E-state index is 13.7. The van der Waals surface area contributed by atoms with Crippen LogP contribution in [0.25, 0.3) is 0 Å². The van der Waals surface area contributed by atoms with E-state index < -0.39 is 22.5 Å². The quantitative estimate of drug-likeness (QED) is 0.284. The van der Waals surface area contributed by atoms with Crippen molar-refractivity contribution in [3.05, 3.63) is 77.9 Å². The standard InChI is InChI=1S/C26H29N3O7S/c1-33-21-13-14-22(34-2)24(15-21)37(31,32)29(17-19-9-6-5-7-10-19)18-25(30)28-27-16-20-11-8-12-23(35-3)26(20)36-4/h5-16H,17-18H2,1-4H3,(H,28,30)/b27-16+. The molecule has 11 heteroatoms. The Balaban J connectivity index is 1.87. The SMILES string of the molecule is COc1ccc(OC)c(S(=O)(=O)N(CC(=O)N/N=C/c2cccc(OC)c2OC)Cc2ccccc2)c1. The number of amides is 1. The number of nitrogens with one attached hydrogen (secondary N) is 1. The van der Waals surface area contributed by atoms with Crippen LogP contribution in [0.1, 0.15) is 11.1 Å². The van der Waals surface area contributed by atoms with Crippen LogP contribution in [-0.4, -0.2) is 59.8 Å². The van der Waals surface area contributed by atoms with E-state index in [1.807, 2.05) is 6.07 Å². The third-order valence-electron chi connectivity index (χ3n) is 5.34. The number of para-hydroxylation sites is 1. The first kappa shape index (κ1) is 27.5. The number of rotatable bonds is 12. The molecule has 196 valence electrons. The van der Waals surface area contributed by atoms with E-state index in [9.17, 15) is 13.2 Å². The molecule has 0 aliphatic heterocycles. The third-order valence-corrected chi connectivity index (χ3v) is 7.15. The van der Waals surface area contributed by atoms with Gasteiger partial charge in [-0.2, -0.15) is 9.41 Å². The molecule has 37 heavy (non-hydrogen) atoms. The van der Waals surface area contributed by atoms with E-state index in [4.69, 9.17) is 18.9 Å². The second kappa shape index (κ2) is 12.7. The van der Waals surface area contributed by atoms with Gasteiger partial charge in [0.2, 0.25) is 10.0 Å². The summed E-state index contributed by atoms with van der Waals surface area (Å²) < 4.78 is 49.6. The number of nitrogens with zero attached hydrogens (tertiary/aromatic N) is 2. The fourth-order valence-corrected chi connectivity index (χ4v) is 5.08. The van der Waals surface area contributed by atoms with Gasteiger partial charge in [0.25, 0.3) is 5.91 Å². The Morgan fingerprint density at radius 3 is 2.27 bits per heavy atom. The zero-order chi connectivity index (χ0) is 26.8. The number of sulfonamides is 1. The van der Waals surface area contributed by atoms with E-state index >= 15 is 0 Å². The van der Waals surface area contributed by atoms with Crippen molar-refractivity contribution < 1.29 is 32.2 Å². The van der Waals surface area contributed by atoms with Crippen LogP contribution >= 0.6 is 0 Å². The molecule has 3 aromatic rings. The molecule has 0 aliphatic rings. The molecule has 0 heterocycles. The number of ether oxygens (including phenoxy) is 4. The highest BCUT2D eigenvalue weighted by molar-refractivity contribution is 7.89. The molecule has 0 atom stereocenters. The summed E-state index contributed by atoms with van der Waals surface area (Å²) >= 11 is 0. The van der Waals surface area contributed by atoms with Gasteiger partial charge in [0.15, 0.2) is 11.5 Å². The lowest BCUT2D eigenvalue weighted by Crippen LogP contribution is -2.39. The van der Waals surface area contributed by atoms with Crippen molar-refractivity contribution in [3.63, 3.8) is 0 Å². The summed E-state index contributed by atoms with van der Waals surface area (Å²) in [6.07, 6.45) is 1.39. The first-order chi connectivity index (χ1) is 17.8. The molecule has 0 aliphatic carbocycles. The monoisotopic (exact) mass is 527 g/mol. The van der Waals surface area contributed by atoms with Crippen LogP contribution in [0.2, 0.25) is 0 Å². The van der Waals surface area contributed by atoms with E-state index in [1.54, 1.807) is 48.5 Å². The van der Waals surface area contributed by atoms with Gasteiger partial charge >= 0.3 is 0 Å². The molecule has 0 saturated heterocycles. The van der Waals surface area contributed by atoms with Crippen LogP contribution in [0.3, 0.4) is 0 Å². The molecule has 1 N–H and O–H groups in total. The minimum Gasteiger partial charge on any atom is -0.497 e. The number of methoxy groups -OCH3 is 4. The lowest BCUT2D eigenvalue weighted by Gasteiger charge is -2.23. The molecule has 0 aromatic heterocycles. The normalized spacial score (nSPS) is 11.4. The predicted octanol–water partition coefficient (Wildman–Crippen LogP) is 3.06. The van der Waals surface area contributed by atoms with Crippen molar-refractivity contribution in [1.82, 2.24) is 9.73 Å².